The molecule has 0 radical (unpaired) electrons. The highest BCUT2D eigenvalue weighted by Crippen LogP contribution is 2.24. The summed E-state index contributed by atoms with van der Waals surface area (Å²) >= 11 is 3.13. The fourth-order valence-electron chi connectivity index (χ4n) is 1.36. The van der Waals surface area contributed by atoms with E-state index in [4.69, 9.17) is 10.8 Å². The van der Waals surface area contributed by atoms with Gasteiger partial charge in [-0.05, 0) is 24.2 Å². The molecule has 0 aliphatic carbocycles. The number of aliphatic carboxylic acids is 1. The summed E-state index contributed by atoms with van der Waals surface area (Å²) in [5, 5.41) is 8.63. The van der Waals surface area contributed by atoms with Crippen molar-refractivity contribution in [2.24, 2.45) is 5.73 Å². The second kappa shape index (κ2) is 5.23. The molecular weight excluding hydrogens is 265 g/mol. The number of carbonyl (C=O) groups is 1. The second-order valence-electron chi connectivity index (χ2n) is 3.20. The Bertz CT molecular complexity index is 370. The molecule has 15 heavy (non-hydrogen) atoms. The quantitative estimate of drug-likeness (QED) is 0.885. The Labute approximate surface area is 95.2 Å². The molecule has 0 fully saturated rings. The lowest BCUT2D eigenvalue weighted by molar-refractivity contribution is -0.137. The van der Waals surface area contributed by atoms with Crippen LogP contribution >= 0.6 is 15.9 Å². The Morgan fingerprint density at radius 1 is 1.60 bits per heavy atom. The van der Waals surface area contributed by atoms with Crippen LogP contribution in [-0.2, 0) is 4.79 Å². The van der Waals surface area contributed by atoms with E-state index in [9.17, 15) is 9.18 Å². The Kier molecular flexibility index (Phi) is 4.23. The number of carboxylic acids is 1. The van der Waals surface area contributed by atoms with E-state index in [1.54, 1.807) is 12.1 Å². The van der Waals surface area contributed by atoms with Crippen molar-refractivity contribution in [2.45, 2.75) is 12.3 Å². The standard InChI is InChI=1S/C10H11BrFNO2/c11-7-1-2-8(9(12)4-7)6(5-13)3-10(14)15/h1-2,4,6H,3,5,13H2,(H,14,15). The predicted octanol–water partition coefficient (Wildman–Crippen LogP) is 2.11. The highest BCUT2D eigenvalue weighted by molar-refractivity contribution is 9.10. The first-order valence-electron chi connectivity index (χ1n) is 4.41. The maximum Gasteiger partial charge on any atom is 0.304 e. The van der Waals surface area contributed by atoms with Gasteiger partial charge in [0.25, 0.3) is 0 Å². The minimum atomic E-state index is -0.979. The van der Waals surface area contributed by atoms with Crippen molar-refractivity contribution in [1.82, 2.24) is 0 Å². The molecule has 0 saturated heterocycles. The summed E-state index contributed by atoms with van der Waals surface area (Å²) in [6, 6.07) is 4.53. The number of rotatable bonds is 4. The Balaban J connectivity index is 2.96. The molecule has 0 bridgehead atoms. The number of nitrogens with two attached hydrogens (primary N) is 1. The van der Waals surface area contributed by atoms with Crippen LogP contribution in [0.2, 0.25) is 0 Å². The van der Waals surface area contributed by atoms with Crippen LogP contribution in [0.3, 0.4) is 0 Å². The number of halogens is 2. The fraction of sp³-hybridized carbons (Fsp3) is 0.300. The van der Waals surface area contributed by atoms with Crippen LogP contribution in [0.4, 0.5) is 4.39 Å². The molecule has 0 saturated carbocycles. The largest absolute Gasteiger partial charge is 0.481 e. The minimum Gasteiger partial charge on any atom is -0.481 e. The summed E-state index contributed by atoms with van der Waals surface area (Å²) < 4.78 is 14.1. The molecule has 0 amide bonds. The Morgan fingerprint density at radius 2 is 2.27 bits per heavy atom. The van der Waals surface area contributed by atoms with E-state index in [0.717, 1.165) is 0 Å². The van der Waals surface area contributed by atoms with Crippen LogP contribution in [0.5, 0.6) is 0 Å². The third-order valence-electron chi connectivity index (χ3n) is 2.11. The van der Waals surface area contributed by atoms with Crippen LogP contribution in [0, 0.1) is 5.82 Å². The average molecular weight is 276 g/mol. The maximum atomic E-state index is 13.5. The fourth-order valence-corrected chi connectivity index (χ4v) is 1.70. The van der Waals surface area contributed by atoms with Crippen molar-refractivity contribution in [3.8, 4) is 0 Å². The average Bonchev–Trinajstić information content (AvgIpc) is 2.14. The van der Waals surface area contributed by atoms with Crippen LogP contribution < -0.4 is 5.73 Å². The smallest absolute Gasteiger partial charge is 0.304 e. The summed E-state index contributed by atoms with van der Waals surface area (Å²) in [5.41, 5.74) is 5.77. The number of carboxylic acid groups (broad SMARTS) is 1. The van der Waals surface area contributed by atoms with Crippen LogP contribution in [0.15, 0.2) is 22.7 Å². The molecule has 0 aromatic heterocycles. The molecule has 1 aromatic rings. The van der Waals surface area contributed by atoms with Gasteiger partial charge >= 0.3 is 5.97 Å². The molecule has 0 aliphatic heterocycles. The molecule has 0 heterocycles. The van der Waals surface area contributed by atoms with Gasteiger partial charge < -0.3 is 10.8 Å². The number of benzene rings is 1. The lowest BCUT2D eigenvalue weighted by Gasteiger charge is -2.13. The zero-order valence-corrected chi connectivity index (χ0v) is 9.50. The van der Waals surface area contributed by atoms with Gasteiger partial charge in [-0.15, -0.1) is 0 Å². The van der Waals surface area contributed by atoms with Gasteiger partial charge in [-0.3, -0.25) is 4.79 Å². The monoisotopic (exact) mass is 275 g/mol. The van der Waals surface area contributed by atoms with Crippen LogP contribution in [0.25, 0.3) is 0 Å². The molecule has 1 atom stereocenters. The van der Waals surface area contributed by atoms with Gasteiger partial charge in [0, 0.05) is 10.4 Å². The molecule has 1 rings (SSSR count). The van der Waals surface area contributed by atoms with Gasteiger partial charge in [-0.1, -0.05) is 22.0 Å². The summed E-state index contributed by atoms with van der Waals surface area (Å²) in [5.74, 6) is -1.88. The molecule has 1 unspecified atom stereocenters. The Hall–Kier alpha value is -0.940. The van der Waals surface area contributed by atoms with Crippen molar-refractivity contribution in [2.75, 3.05) is 6.54 Å². The third kappa shape index (κ3) is 3.28. The first-order chi connectivity index (χ1) is 7.04. The lowest BCUT2D eigenvalue weighted by Crippen LogP contribution is -2.17. The summed E-state index contributed by atoms with van der Waals surface area (Å²) in [7, 11) is 0. The van der Waals surface area contributed by atoms with E-state index < -0.39 is 17.7 Å². The number of hydrogen-bond donors (Lipinski definition) is 2. The van der Waals surface area contributed by atoms with Crippen LogP contribution in [0.1, 0.15) is 17.9 Å². The summed E-state index contributed by atoms with van der Waals surface area (Å²) in [6.07, 6.45) is -0.158. The zero-order chi connectivity index (χ0) is 11.4. The highest BCUT2D eigenvalue weighted by atomic mass is 79.9. The van der Waals surface area contributed by atoms with Crippen molar-refractivity contribution < 1.29 is 14.3 Å². The number of hydrogen-bond acceptors (Lipinski definition) is 2. The highest BCUT2D eigenvalue weighted by Gasteiger charge is 2.17. The molecular formula is C10H11BrFNO2. The van der Waals surface area contributed by atoms with E-state index in [1.165, 1.54) is 6.07 Å². The molecule has 1 aromatic carbocycles. The molecule has 82 valence electrons. The topological polar surface area (TPSA) is 63.3 Å². The van der Waals surface area contributed by atoms with E-state index in [1.807, 2.05) is 0 Å². The van der Waals surface area contributed by atoms with E-state index in [0.29, 0.717) is 10.0 Å². The summed E-state index contributed by atoms with van der Waals surface area (Å²) in [4.78, 5) is 10.5. The summed E-state index contributed by atoms with van der Waals surface area (Å²) in [6.45, 7) is 0.116. The van der Waals surface area contributed by atoms with Gasteiger partial charge in [0.15, 0.2) is 0 Å². The van der Waals surface area contributed by atoms with Crippen LogP contribution in [-0.4, -0.2) is 17.6 Å². The molecule has 3 nitrogen and oxygen atoms in total. The molecule has 0 spiro atoms. The van der Waals surface area contributed by atoms with Gasteiger partial charge in [0.1, 0.15) is 5.82 Å². The second-order valence-corrected chi connectivity index (χ2v) is 4.11. The molecule has 5 heteroatoms. The maximum absolute atomic E-state index is 13.5. The van der Waals surface area contributed by atoms with Gasteiger partial charge in [-0.2, -0.15) is 0 Å². The van der Waals surface area contributed by atoms with E-state index in [-0.39, 0.29) is 13.0 Å². The van der Waals surface area contributed by atoms with Gasteiger partial charge in [0.2, 0.25) is 0 Å². The van der Waals surface area contributed by atoms with Gasteiger partial charge in [-0.25, -0.2) is 4.39 Å². The normalized spacial score (nSPS) is 12.5. The molecule has 3 N–H and O–H groups in total. The lowest BCUT2D eigenvalue weighted by atomic mass is 9.95. The van der Waals surface area contributed by atoms with Crippen molar-refractivity contribution >= 4 is 21.9 Å². The van der Waals surface area contributed by atoms with Crippen molar-refractivity contribution in [3.05, 3.63) is 34.1 Å². The van der Waals surface area contributed by atoms with E-state index in [2.05, 4.69) is 15.9 Å². The first kappa shape index (κ1) is 12.1. The minimum absolute atomic E-state index is 0.116. The first-order valence-corrected chi connectivity index (χ1v) is 5.20. The van der Waals surface area contributed by atoms with Gasteiger partial charge in [0.05, 0.1) is 6.42 Å². The SMILES string of the molecule is NCC(CC(=O)O)c1ccc(Br)cc1F. The molecule has 0 aliphatic rings. The zero-order valence-electron chi connectivity index (χ0n) is 7.91. The Morgan fingerprint density at radius 3 is 2.73 bits per heavy atom. The predicted molar refractivity (Wildman–Crippen MR) is 58.1 cm³/mol. The van der Waals surface area contributed by atoms with Crippen molar-refractivity contribution in [3.63, 3.8) is 0 Å². The van der Waals surface area contributed by atoms with E-state index >= 15 is 0 Å². The third-order valence-corrected chi connectivity index (χ3v) is 2.60. The van der Waals surface area contributed by atoms with Crippen molar-refractivity contribution in [1.29, 1.82) is 0 Å².